The van der Waals surface area contributed by atoms with Crippen molar-refractivity contribution in [3.63, 3.8) is 0 Å². The van der Waals surface area contributed by atoms with Crippen molar-refractivity contribution in [1.29, 1.82) is 5.26 Å². The normalized spacial score (nSPS) is 18.1. The molecule has 2 aromatic carbocycles. The number of fused-ring (bicyclic) bond motifs is 4. The van der Waals surface area contributed by atoms with Gasteiger partial charge in [0.25, 0.3) is 0 Å². The second kappa shape index (κ2) is 8.33. The quantitative estimate of drug-likeness (QED) is 0.648. The molecule has 5 rings (SSSR count). The van der Waals surface area contributed by atoms with E-state index in [9.17, 15) is 10.1 Å². The highest BCUT2D eigenvalue weighted by atomic mass is 16.5. The van der Waals surface area contributed by atoms with Gasteiger partial charge in [0, 0.05) is 60.3 Å². The SMILES string of the molecule is CCN1CCN(CCOc2ccc3c(c2)C(C)(C)c2[nH]c4cc(C#N)ccc4c2C3=O)CC1. The molecule has 1 aromatic heterocycles. The third-order valence-electron chi connectivity index (χ3n) is 7.28. The van der Waals surface area contributed by atoms with Crippen molar-refractivity contribution in [2.45, 2.75) is 26.2 Å². The van der Waals surface area contributed by atoms with E-state index in [1.165, 1.54) is 0 Å². The summed E-state index contributed by atoms with van der Waals surface area (Å²) in [5.41, 5.74) is 4.33. The Morgan fingerprint density at radius 3 is 2.58 bits per heavy atom. The predicted molar refractivity (Wildman–Crippen MR) is 129 cm³/mol. The molecular weight excluding hydrogens is 412 g/mol. The first-order chi connectivity index (χ1) is 15.9. The molecule has 0 unspecified atom stereocenters. The number of hydrogen-bond acceptors (Lipinski definition) is 5. The zero-order valence-corrected chi connectivity index (χ0v) is 19.6. The van der Waals surface area contributed by atoms with Crippen LogP contribution in [-0.4, -0.2) is 66.4 Å². The van der Waals surface area contributed by atoms with Gasteiger partial charge in [0.2, 0.25) is 0 Å². The third kappa shape index (κ3) is 3.72. The summed E-state index contributed by atoms with van der Waals surface area (Å²) in [6.07, 6.45) is 0. The second-order valence-electron chi connectivity index (χ2n) is 9.53. The van der Waals surface area contributed by atoms with Crippen LogP contribution in [0.2, 0.25) is 0 Å². The number of ketones is 1. The van der Waals surface area contributed by atoms with E-state index in [0.29, 0.717) is 17.7 Å². The van der Waals surface area contributed by atoms with Gasteiger partial charge in [0.05, 0.1) is 17.2 Å². The van der Waals surface area contributed by atoms with E-state index in [-0.39, 0.29) is 11.2 Å². The second-order valence-corrected chi connectivity index (χ2v) is 9.53. The van der Waals surface area contributed by atoms with Gasteiger partial charge in [-0.25, -0.2) is 0 Å². The number of rotatable bonds is 5. The van der Waals surface area contributed by atoms with E-state index in [2.05, 4.69) is 41.6 Å². The van der Waals surface area contributed by atoms with E-state index in [4.69, 9.17) is 4.74 Å². The van der Waals surface area contributed by atoms with Crippen LogP contribution in [-0.2, 0) is 5.41 Å². The molecule has 2 heterocycles. The zero-order valence-electron chi connectivity index (χ0n) is 19.6. The van der Waals surface area contributed by atoms with Crippen molar-refractivity contribution >= 4 is 16.7 Å². The van der Waals surface area contributed by atoms with Crippen LogP contribution in [0.25, 0.3) is 10.9 Å². The third-order valence-corrected chi connectivity index (χ3v) is 7.28. The largest absolute Gasteiger partial charge is 0.492 e. The van der Waals surface area contributed by atoms with Crippen LogP contribution in [0.4, 0.5) is 0 Å². The van der Waals surface area contributed by atoms with Crippen LogP contribution in [0, 0.1) is 11.3 Å². The summed E-state index contributed by atoms with van der Waals surface area (Å²) in [6, 6.07) is 13.5. The van der Waals surface area contributed by atoms with Gasteiger partial charge in [-0.15, -0.1) is 0 Å². The molecule has 1 aliphatic carbocycles. The lowest BCUT2D eigenvalue weighted by Gasteiger charge is -2.34. The van der Waals surface area contributed by atoms with Crippen LogP contribution in [0.3, 0.4) is 0 Å². The smallest absolute Gasteiger partial charge is 0.195 e. The number of nitrogens with one attached hydrogen (secondary N) is 1. The first-order valence-corrected chi connectivity index (χ1v) is 11.8. The molecule has 2 aliphatic rings. The average Bonchev–Trinajstić information content (AvgIpc) is 3.23. The Balaban J connectivity index is 1.38. The molecule has 1 aliphatic heterocycles. The maximum atomic E-state index is 13.5. The highest BCUT2D eigenvalue weighted by Crippen LogP contribution is 2.44. The van der Waals surface area contributed by atoms with Crippen molar-refractivity contribution in [1.82, 2.24) is 14.8 Å². The molecule has 0 bridgehead atoms. The fraction of sp³-hybridized carbons (Fsp3) is 0.407. The summed E-state index contributed by atoms with van der Waals surface area (Å²) in [6.45, 7) is 13.5. The number of likely N-dealkylation sites (N-methyl/N-ethyl adjacent to an activating group) is 1. The fourth-order valence-electron chi connectivity index (χ4n) is 5.19. The number of piperazine rings is 1. The van der Waals surface area contributed by atoms with Crippen molar-refractivity contribution in [3.05, 3.63) is 64.3 Å². The predicted octanol–water partition coefficient (Wildman–Crippen LogP) is 3.93. The molecule has 1 fully saturated rings. The number of hydrogen-bond donors (Lipinski definition) is 1. The molecule has 3 aromatic rings. The Hall–Kier alpha value is -3.14. The molecule has 0 spiro atoms. The molecule has 0 amide bonds. The number of aromatic nitrogens is 1. The lowest BCUT2D eigenvalue weighted by atomic mass is 9.71. The summed E-state index contributed by atoms with van der Waals surface area (Å²) >= 11 is 0. The molecule has 0 atom stereocenters. The minimum absolute atomic E-state index is 0.0237. The summed E-state index contributed by atoms with van der Waals surface area (Å²) in [5, 5.41) is 10.1. The van der Waals surface area contributed by atoms with Gasteiger partial charge in [-0.05, 0) is 42.4 Å². The maximum absolute atomic E-state index is 13.5. The summed E-state index contributed by atoms with van der Waals surface area (Å²) in [7, 11) is 0. The Labute approximate surface area is 194 Å². The average molecular weight is 443 g/mol. The van der Waals surface area contributed by atoms with E-state index in [0.717, 1.165) is 72.7 Å². The van der Waals surface area contributed by atoms with Gasteiger partial charge in [-0.1, -0.05) is 26.8 Å². The molecule has 1 saturated heterocycles. The number of ether oxygens (including phenoxy) is 1. The van der Waals surface area contributed by atoms with E-state index in [1.807, 2.05) is 30.3 Å². The molecule has 0 saturated carbocycles. The first-order valence-electron chi connectivity index (χ1n) is 11.8. The number of nitriles is 1. The summed E-state index contributed by atoms with van der Waals surface area (Å²) < 4.78 is 6.12. The van der Waals surface area contributed by atoms with Gasteiger partial charge < -0.3 is 14.6 Å². The molecule has 0 radical (unpaired) electrons. The summed E-state index contributed by atoms with van der Waals surface area (Å²) in [4.78, 5) is 21.8. The van der Waals surface area contributed by atoms with Crippen LogP contribution < -0.4 is 4.74 Å². The Morgan fingerprint density at radius 1 is 1.09 bits per heavy atom. The number of benzene rings is 2. The van der Waals surface area contributed by atoms with Gasteiger partial charge in [-0.2, -0.15) is 5.26 Å². The van der Waals surface area contributed by atoms with Gasteiger partial charge in [0.15, 0.2) is 5.78 Å². The summed E-state index contributed by atoms with van der Waals surface area (Å²) in [5.74, 6) is 0.823. The van der Waals surface area contributed by atoms with Crippen LogP contribution in [0.1, 0.15) is 53.5 Å². The van der Waals surface area contributed by atoms with Crippen molar-refractivity contribution in [2.75, 3.05) is 45.9 Å². The van der Waals surface area contributed by atoms with Gasteiger partial charge >= 0.3 is 0 Å². The minimum atomic E-state index is -0.389. The maximum Gasteiger partial charge on any atom is 0.195 e. The molecule has 33 heavy (non-hydrogen) atoms. The monoisotopic (exact) mass is 442 g/mol. The molecule has 6 nitrogen and oxygen atoms in total. The first kappa shape index (κ1) is 21.7. The van der Waals surface area contributed by atoms with Crippen molar-refractivity contribution < 1.29 is 9.53 Å². The van der Waals surface area contributed by atoms with Crippen LogP contribution in [0.15, 0.2) is 36.4 Å². The van der Waals surface area contributed by atoms with Gasteiger partial charge in [0.1, 0.15) is 12.4 Å². The van der Waals surface area contributed by atoms with Crippen molar-refractivity contribution in [3.8, 4) is 11.8 Å². The highest BCUT2D eigenvalue weighted by Gasteiger charge is 2.39. The Morgan fingerprint density at radius 2 is 1.85 bits per heavy atom. The zero-order chi connectivity index (χ0) is 23.2. The lowest BCUT2D eigenvalue weighted by molar-refractivity contribution is 0.103. The van der Waals surface area contributed by atoms with E-state index < -0.39 is 0 Å². The molecule has 170 valence electrons. The molecule has 6 heteroatoms. The number of carbonyl (C=O) groups excluding carboxylic acids is 1. The van der Waals surface area contributed by atoms with Crippen molar-refractivity contribution in [2.24, 2.45) is 0 Å². The number of carbonyl (C=O) groups is 1. The molecule has 1 N–H and O–H groups in total. The van der Waals surface area contributed by atoms with Gasteiger partial charge in [-0.3, -0.25) is 9.69 Å². The standard InChI is InChI=1S/C27H30N4O2/c1-4-30-9-11-31(12-10-30)13-14-33-19-6-8-20-22(16-19)27(2,3)26-24(25(20)32)21-7-5-18(17-28)15-23(21)29-26/h5-8,15-16,29H,4,9-14H2,1-3H3. The number of nitrogens with zero attached hydrogens (tertiary/aromatic N) is 3. The molecular formula is C27H30N4O2. The van der Waals surface area contributed by atoms with Crippen LogP contribution >= 0.6 is 0 Å². The Bertz CT molecular complexity index is 1260. The van der Waals surface area contributed by atoms with E-state index >= 15 is 0 Å². The Kier molecular flexibility index (Phi) is 5.48. The number of aromatic amines is 1. The highest BCUT2D eigenvalue weighted by molar-refractivity contribution is 6.20. The topological polar surface area (TPSA) is 72.4 Å². The fourth-order valence-corrected chi connectivity index (χ4v) is 5.19. The number of H-pyrrole nitrogens is 1. The van der Waals surface area contributed by atoms with Crippen LogP contribution in [0.5, 0.6) is 5.75 Å². The lowest BCUT2D eigenvalue weighted by Crippen LogP contribution is -2.47. The van der Waals surface area contributed by atoms with E-state index in [1.54, 1.807) is 6.07 Å². The minimum Gasteiger partial charge on any atom is -0.492 e.